The van der Waals surface area contributed by atoms with Gasteiger partial charge >= 0.3 is 0 Å². The number of ether oxygens (including phenoxy) is 1. The van der Waals surface area contributed by atoms with Crippen molar-refractivity contribution in [3.8, 4) is 5.75 Å². The Bertz CT molecular complexity index is 378. The van der Waals surface area contributed by atoms with Gasteiger partial charge in [0.15, 0.2) is 0 Å². The second kappa shape index (κ2) is 5.52. The molecule has 2 rings (SSSR count). The van der Waals surface area contributed by atoms with E-state index in [1.54, 1.807) is 0 Å². The highest BCUT2D eigenvalue weighted by atomic mass is 16.5. The van der Waals surface area contributed by atoms with Crippen molar-refractivity contribution >= 4 is 0 Å². The molecule has 1 saturated heterocycles. The van der Waals surface area contributed by atoms with Crippen LogP contribution in [0, 0.1) is 6.92 Å². The normalized spacial score (nSPS) is 23.9. The van der Waals surface area contributed by atoms with Gasteiger partial charge in [-0.1, -0.05) is 13.0 Å². The Morgan fingerprint density at radius 1 is 1.47 bits per heavy atom. The molecule has 1 heterocycles. The van der Waals surface area contributed by atoms with Gasteiger partial charge in [0.05, 0.1) is 6.10 Å². The van der Waals surface area contributed by atoms with Crippen LogP contribution >= 0.6 is 0 Å². The quantitative estimate of drug-likeness (QED) is 0.834. The zero-order valence-corrected chi connectivity index (χ0v) is 10.6. The highest BCUT2D eigenvalue weighted by Gasteiger charge is 2.22. The lowest BCUT2D eigenvalue weighted by Crippen LogP contribution is -2.28. The Morgan fingerprint density at radius 2 is 2.29 bits per heavy atom. The lowest BCUT2D eigenvalue weighted by Gasteiger charge is -2.13. The molecule has 1 fully saturated rings. The van der Waals surface area contributed by atoms with E-state index in [1.165, 1.54) is 11.1 Å². The molecule has 1 aliphatic heterocycles. The van der Waals surface area contributed by atoms with Crippen molar-refractivity contribution in [1.29, 1.82) is 0 Å². The van der Waals surface area contributed by atoms with Crippen LogP contribution in [0.3, 0.4) is 0 Å². The molecule has 2 atom stereocenters. The molecule has 1 aliphatic rings. The standard InChI is InChI=1S/C14H21NO2/c1-3-11-6-14(5-4-10(11)2)17-9-12-7-13(16)8-15-12/h4-6,12-13,15-16H,3,7-9H2,1-2H3. The molecule has 1 aromatic rings. The zero-order valence-electron chi connectivity index (χ0n) is 10.6. The van der Waals surface area contributed by atoms with E-state index in [1.807, 2.05) is 6.07 Å². The van der Waals surface area contributed by atoms with Crippen LogP contribution in [0.1, 0.15) is 24.5 Å². The summed E-state index contributed by atoms with van der Waals surface area (Å²) in [5.74, 6) is 0.927. The van der Waals surface area contributed by atoms with Gasteiger partial charge in [-0.05, 0) is 43.0 Å². The van der Waals surface area contributed by atoms with E-state index in [2.05, 4.69) is 31.3 Å². The Morgan fingerprint density at radius 3 is 2.94 bits per heavy atom. The lowest BCUT2D eigenvalue weighted by atomic mass is 10.1. The van der Waals surface area contributed by atoms with Gasteiger partial charge in [-0.2, -0.15) is 0 Å². The number of aliphatic hydroxyl groups excluding tert-OH is 1. The molecule has 94 valence electrons. The summed E-state index contributed by atoms with van der Waals surface area (Å²) in [7, 11) is 0. The van der Waals surface area contributed by atoms with Gasteiger partial charge < -0.3 is 15.2 Å². The minimum Gasteiger partial charge on any atom is -0.492 e. The Kier molecular flexibility index (Phi) is 4.02. The molecule has 0 saturated carbocycles. The van der Waals surface area contributed by atoms with E-state index in [0.717, 1.165) is 18.6 Å². The molecule has 3 heteroatoms. The van der Waals surface area contributed by atoms with Crippen molar-refractivity contribution in [3.05, 3.63) is 29.3 Å². The van der Waals surface area contributed by atoms with Crippen molar-refractivity contribution in [1.82, 2.24) is 5.32 Å². The summed E-state index contributed by atoms with van der Waals surface area (Å²) in [5.41, 5.74) is 2.65. The third kappa shape index (κ3) is 3.20. The van der Waals surface area contributed by atoms with Gasteiger partial charge in [-0.3, -0.25) is 0 Å². The molecule has 0 bridgehead atoms. The first-order valence-electron chi connectivity index (χ1n) is 6.32. The molecule has 0 aliphatic carbocycles. The van der Waals surface area contributed by atoms with Gasteiger partial charge in [0.1, 0.15) is 12.4 Å². The summed E-state index contributed by atoms with van der Waals surface area (Å²) < 4.78 is 5.76. The highest BCUT2D eigenvalue weighted by Crippen LogP contribution is 2.18. The highest BCUT2D eigenvalue weighted by molar-refractivity contribution is 5.34. The number of hydrogen-bond donors (Lipinski definition) is 2. The van der Waals surface area contributed by atoms with Crippen LogP contribution in [0.25, 0.3) is 0 Å². The maximum Gasteiger partial charge on any atom is 0.119 e. The molecule has 3 nitrogen and oxygen atoms in total. The van der Waals surface area contributed by atoms with E-state index < -0.39 is 0 Å². The largest absolute Gasteiger partial charge is 0.492 e. The number of rotatable bonds is 4. The van der Waals surface area contributed by atoms with Crippen LogP contribution in [-0.4, -0.2) is 30.4 Å². The Labute approximate surface area is 103 Å². The number of hydrogen-bond acceptors (Lipinski definition) is 3. The average Bonchev–Trinajstić information content (AvgIpc) is 2.74. The molecule has 0 radical (unpaired) electrons. The zero-order chi connectivity index (χ0) is 12.3. The Hall–Kier alpha value is -1.06. The number of aryl methyl sites for hydroxylation is 2. The van der Waals surface area contributed by atoms with Crippen LogP contribution in [0.15, 0.2) is 18.2 Å². The average molecular weight is 235 g/mol. The summed E-state index contributed by atoms with van der Waals surface area (Å²) in [6, 6.07) is 6.50. The van der Waals surface area contributed by atoms with Crippen molar-refractivity contribution in [2.75, 3.05) is 13.2 Å². The predicted octanol–water partition coefficient (Wildman–Crippen LogP) is 1.66. The van der Waals surface area contributed by atoms with E-state index in [0.29, 0.717) is 13.2 Å². The molecule has 17 heavy (non-hydrogen) atoms. The molecule has 2 unspecified atom stereocenters. The van der Waals surface area contributed by atoms with Crippen LogP contribution in [-0.2, 0) is 6.42 Å². The summed E-state index contributed by atoms with van der Waals surface area (Å²) in [4.78, 5) is 0. The number of benzene rings is 1. The molecular weight excluding hydrogens is 214 g/mol. The van der Waals surface area contributed by atoms with Crippen molar-refractivity contribution in [2.45, 2.75) is 38.8 Å². The fraction of sp³-hybridized carbons (Fsp3) is 0.571. The van der Waals surface area contributed by atoms with Gasteiger partial charge in [-0.15, -0.1) is 0 Å². The topological polar surface area (TPSA) is 41.5 Å². The van der Waals surface area contributed by atoms with E-state index in [4.69, 9.17) is 4.74 Å². The monoisotopic (exact) mass is 235 g/mol. The van der Waals surface area contributed by atoms with Gasteiger partial charge in [-0.25, -0.2) is 0 Å². The first-order valence-corrected chi connectivity index (χ1v) is 6.32. The predicted molar refractivity (Wildman–Crippen MR) is 68.5 cm³/mol. The number of nitrogens with one attached hydrogen (secondary N) is 1. The Balaban J connectivity index is 1.90. The molecule has 0 spiro atoms. The summed E-state index contributed by atoms with van der Waals surface area (Å²) in [6.07, 6.45) is 1.60. The molecule has 1 aromatic carbocycles. The van der Waals surface area contributed by atoms with Gasteiger partial charge in [0, 0.05) is 12.6 Å². The molecular formula is C14H21NO2. The minimum absolute atomic E-state index is 0.215. The second-order valence-corrected chi connectivity index (χ2v) is 4.75. The van der Waals surface area contributed by atoms with Gasteiger partial charge in [0.25, 0.3) is 0 Å². The maximum absolute atomic E-state index is 9.40. The van der Waals surface area contributed by atoms with Crippen LogP contribution in [0.5, 0.6) is 5.75 Å². The first-order chi connectivity index (χ1) is 8.19. The van der Waals surface area contributed by atoms with Crippen LogP contribution < -0.4 is 10.1 Å². The van der Waals surface area contributed by atoms with Crippen LogP contribution in [0.2, 0.25) is 0 Å². The third-order valence-corrected chi connectivity index (χ3v) is 3.35. The fourth-order valence-electron chi connectivity index (χ4n) is 2.24. The van der Waals surface area contributed by atoms with E-state index >= 15 is 0 Å². The SMILES string of the molecule is CCc1cc(OCC2CC(O)CN2)ccc1C. The first kappa shape index (κ1) is 12.4. The van der Waals surface area contributed by atoms with Crippen molar-refractivity contribution in [2.24, 2.45) is 0 Å². The van der Waals surface area contributed by atoms with Crippen LogP contribution in [0.4, 0.5) is 0 Å². The summed E-state index contributed by atoms with van der Waals surface area (Å²) in [5, 5.41) is 12.6. The lowest BCUT2D eigenvalue weighted by molar-refractivity contribution is 0.187. The fourth-order valence-corrected chi connectivity index (χ4v) is 2.24. The summed E-state index contributed by atoms with van der Waals surface area (Å²) >= 11 is 0. The van der Waals surface area contributed by atoms with Crippen molar-refractivity contribution < 1.29 is 9.84 Å². The molecule has 0 amide bonds. The summed E-state index contributed by atoms with van der Waals surface area (Å²) in [6.45, 7) is 5.59. The van der Waals surface area contributed by atoms with E-state index in [9.17, 15) is 5.11 Å². The number of β-amino-alcohol motifs (C(OH)–C–C–N with tert-alkyl or cyclic N) is 1. The van der Waals surface area contributed by atoms with Crippen molar-refractivity contribution in [3.63, 3.8) is 0 Å². The number of aliphatic hydroxyl groups is 1. The maximum atomic E-state index is 9.40. The minimum atomic E-state index is -0.215. The van der Waals surface area contributed by atoms with Gasteiger partial charge in [0.2, 0.25) is 0 Å². The molecule has 0 aromatic heterocycles. The second-order valence-electron chi connectivity index (χ2n) is 4.75. The molecule has 2 N–H and O–H groups in total. The smallest absolute Gasteiger partial charge is 0.119 e. The van der Waals surface area contributed by atoms with E-state index in [-0.39, 0.29) is 12.1 Å². The third-order valence-electron chi connectivity index (χ3n) is 3.35.